The molecule has 3 aliphatic rings. The lowest BCUT2D eigenvalue weighted by Crippen LogP contribution is -2.58. The number of benzene rings is 2. The predicted octanol–water partition coefficient (Wildman–Crippen LogP) is 2.07. The molecule has 250 valence electrons. The van der Waals surface area contributed by atoms with Gasteiger partial charge >= 0.3 is 23.9 Å². The van der Waals surface area contributed by atoms with Crippen molar-refractivity contribution in [3.8, 4) is 34.1 Å². The zero-order valence-corrected chi connectivity index (χ0v) is 25.8. The molecular weight excluding hydrogens is 624 g/mol. The minimum Gasteiger partial charge on any atom is -0.507 e. The molecule has 0 aliphatic carbocycles. The minimum absolute atomic E-state index is 0.00477. The Balaban J connectivity index is 1.80. The van der Waals surface area contributed by atoms with Crippen molar-refractivity contribution in [2.24, 2.45) is 0 Å². The molecule has 4 N–H and O–H groups in total. The molecule has 5 rings (SSSR count). The Bertz CT molecular complexity index is 1740. The van der Waals surface area contributed by atoms with E-state index in [0.717, 1.165) is 14.2 Å². The van der Waals surface area contributed by atoms with Crippen molar-refractivity contribution in [2.75, 3.05) is 14.2 Å². The Morgan fingerprint density at radius 2 is 1.40 bits per heavy atom. The molecule has 0 unspecified atom stereocenters. The van der Waals surface area contributed by atoms with Gasteiger partial charge in [-0.25, -0.2) is 9.59 Å². The molecular formula is C32H32O15. The average Bonchev–Trinajstić information content (AvgIpc) is 3.45. The largest absolute Gasteiger partial charge is 0.507 e. The van der Waals surface area contributed by atoms with Crippen LogP contribution in [0.4, 0.5) is 0 Å². The lowest BCUT2D eigenvalue weighted by atomic mass is 9.79. The molecule has 1 fully saturated rings. The number of aliphatic hydroxyl groups excluding tert-OH is 1. The highest BCUT2D eigenvalue weighted by molar-refractivity contribution is 6.11. The predicted molar refractivity (Wildman–Crippen MR) is 155 cm³/mol. The monoisotopic (exact) mass is 656 g/mol. The summed E-state index contributed by atoms with van der Waals surface area (Å²) in [7, 11) is 2.04. The Morgan fingerprint density at radius 1 is 0.872 bits per heavy atom. The summed E-state index contributed by atoms with van der Waals surface area (Å²) in [6, 6.07) is 2.45. The lowest BCUT2D eigenvalue weighted by Gasteiger charge is -2.41. The third-order valence-electron chi connectivity index (χ3n) is 8.77. The highest BCUT2D eigenvalue weighted by atomic mass is 16.6. The number of carbonyl (C=O) groups excluding carboxylic acids is 5. The van der Waals surface area contributed by atoms with E-state index in [1.807, 2.05) is 0 Å². The van der Waals surface area contributed by atoms with Gasteiger partial charge in [-0.15, -0.1) is 0 Å². The maximum atomic E-state index is 13.7. The summed E-state index contributed by atoms with van der Waals surface area (Å²) in [6.45, 7) is 3.00. The molecule has 1 saturated heterocycles. The molecule has 15 nitrogen and oxygen atoms in total. The number of aryl methyl sites for hydroxylation is 2. The number of ether oxygens (including phenoxy) is 5. The summed E-state index contributed by atoms with van der Waals surface area (Å²) >= 11 is 0. The first kappa shape index (κ1) is 33.2. The number of phenolic OH excluding ortho intramolecular Hbond substituents is 2. The van der Waals surface area contributed by atoms with Gasteiger partial charge in [0.25, 0.3) is 0 Å². The van der Waals surface area contributed by atoms with E-state index in [1.165, 1.54) is 26.0 Å². The average molecular weight is 657 g/mol. The van der Waals surface area contributed by atoms with Crippen molar-refractivity contribution in [2.45, 2.75) is 75.8 Å². The summed E-state index contributed by atoms with van der Waals surface area (Å²) in [5.74, 6) is -7.67. The van der Waals surface area contributed by atoms with E-state index in [-0.39, 0.29) is 46.4 Å². The van der Waals surface area contributed by atoms with E-state index in [0.29, 0.717) is 0 Å². The van der Waals surface area contributed by atoms with Crippen molar-refractivity contribution < 1.29 is 72.9 Å². The molecule has 0 bridgehead atoms. The maximum Gasteiger partial charge on any atom is 0.354 e. The van der Waals surface area contributed by atoms with E-state index < -0.39 is 107 Å². The van der Waals surface area contributed by atoms with Crippen LogP contribution < -0.4 is 9.47 Å². The second-order valence-corrected chi connectivity index (χ2v) is 11.7. The molecule has 15 heteroatoms. The third kappa shape index (κ3) is 5.19. The van der Waals surface area contributed by atoms with Crippen LogP contribution in [0.25, 0.3) is 11.1 Å². The number of ketones is 2. The van der Waals surface area contributed by atoms with E-state index in [4.69, 9.17) is 23.7 Å². The number of carboxylic acids is 1. The molecule has 2 aromatic rings. The van der Waals surface area contributed by atoms with Gasteiger partial charge in [0.2, 0.25) is 11.2 Å². The first-order valence-electron chi connectivity index (χ1n) is 14.6. The van der Waals surface area contributed by atoms with Gasteiger partial charge in [0.1, 0.15) is 40.2 Å². The van der Waals surface area contributed by atoms with Crippen molar-refractivity contribution in [1.29, 1.82) is 0 Å². The van der Waals surface area contributed by atoms with Gasteiger partial charge in [0.05, 0.1) is 27.1 Å². The van der Waals surface area contributed by atoms with Crippen molar-refractivity contribution in [3.63, 3.8) is 0 Å². The Kier molecular flexibility index (Phi) is 8.39. The topological polar surface area (TPSA) is 229 Å². The lowest BCUT2D eigenvalue weighted by molar-refractivity contribution is -0.175. The molecule has 0 radical (unpaired) electrons. The van der Waals surface area contributed by atoms with Crippen LogP contribution in [0.2, 0.25) is 0 Å². The zero-order valence-electron chi connectivity index (χ0n) is 25.8. The normalized spacial score (nSPS) is 23.9. The minimum atomic E-state index is -2.46. The highest BCUT2D eigenvalue weighted by Crippen LogP contribution is 2.55. The van der Waals surface area contributed by atoms with Crippen LogP contribution in [0.1, 0.15) is 70.4 Å². The van der Waals surface area contributed by atoms with Crippen LogP contribution in [-0.4, -0.2) is 93.5 Å². The van der Waals surface area contributed by atoms with E-state index in [9.17, 15) is 49.2 Å². The molecule has 3 aliphatic heterocycles. The Morgan fingerprint density at radius 3 is 1.89 bits per heavy atom. The number of hydrogen-bond donors (Lipinski definition) is 4. The number of hydrogen-bond acceptors (Lipinski definition) is 14. The number of carboxylic acid groups (broad SMARTS) is 1. The van der Waals surface area contributed by atoms with Crippen LogP contribution in [-0.2, 0) is 33.4 Å². The quantitative estimate of drug-likeness (QED) is 0.235. The highest BCUT2D eigenvalue weighted by Gasteiger charge is 2.59. The fourth-order valence-corrected chi connectivity index (χ4v) is 6.55. The standard InChI is InChI=1S/C32H32O15/c1-13-9-15(33)25-17(35)11-31(29(41)43-3,19(37)5-7-21(38)39)46-27(25)23(13)24-14(2)10-16(34)26-18(36)12-32(30(42)44-4,47-28(24)26)20-6-8-22(40)45-20/h9-10,19-20,33-34,37H,5-8,11-12H2,1-4H3,(H,38,39)/t19-,20-,31+,32+/m0/s1. The molecule has 4 atom stereocenters. The number of Topliss-reactive ketones (excluding diaryl/α,β-unsaturated/α-hetero) is 2. The SMILES string of the molecule is COC(=O)[C@]1([C@@H]2CCC(=O)O2)CC(=O)c2c(O)cc(C)c(-c3c(C)cc(O)c4c3O[C@@](C(=O)OC)([C@@H](O)CCC(=O)O)CC4=O)c2O1. The van der Waals surface area contributed by atoms with Gasteiger partial charge in [-0.1, -0.05) is 0 Å². The summed E-state index contributed by atoms with van der Waals surface area (Å²) in [4.78, 5) is 77.4. The number of rotatable bonds is 8. The fourth-order valence-electron chi connectivity index (χ4n) is 6.55. The molecule has 3 heterocycles. The molecule has 0 saturated carbocycles. The zero-order chi connectivity index (χ0) is 34.6. The summed E-state index contributed by atoms with van der Waals surface area (Å²) in [5.41, 5.74) is -5.01. The second-order valence-electron chi connectivity index (χ2n) is 11.7. The number of aromatic hydroxyl groups is 2. The first-order valence-corrected chi connectivity index (χ1v) is 14.6. The number of aliphatic carboxylic acids is 1. The smallest absolute Gasteiger partial charge is 0.354 e. The summed E-state index contributed by atoms with van der Waals surface area (Å²) in [5, 5.41) is 42.2. The van der Waals surface area contributed by atoms with Crippen LogP contribution in [0.3, 0.4) is 0 Å². The van der Waals surface area contributed by atoms with Crippen LogP contribution in [0.5, 0.6) is 23.0 Å². The molecule has 0 spiro atoms. The molecule has 47 heavy (non-hydrogen) atoms. The van der Waals surface area contributed by atoms with Crippen LogP contribution >= 0.6 is 0 Å². The maximum absolute atomic E-state index is 13.7. The van der Waals surface area contributed by atoms with Gasteiger partial charge in [-0.2, -0.15) is 0 Å². The van der Waals surface area contributed by atoms with Crippen LogP contribution in [0, 0.1) is 13.8 Å². The number of methoxy groups -OCH3 is 2. The number of esters is 3. The summed E-state index contributed by atoms with van der Waals surface area (Å²) < 4.78 is 27.7. The van der Waals surface area contributed by atoms with E-state index in [1.54, 1.807) is 0 Å². The van der Waals surface area contributed by atoms with Gasteiger partial charge in [-0.3, -0.25) is 19.2 Å². The Hall–Kier alpha value is -5.18. The number of carbonyl (C=O) groups is 6. The van der Waals surface area contributed by atoms with Gasteiger partial charge in [-0.05, 0) is 49.9 Å². The fraction of sp³-hybridized carbons (Fsp3) is 0.438. The number of phenols is 2. The second kappa shape index (κ2) is 11.9. The molecule has 0 amide bonds. The number of fused-ring (bicyclic) bond motifs is 2. The third-order valence-corrected chi connectivity index (χ3v) is 8.77. The van der Waals surface area contributed by atoms with Crippen molar-refractivity contribution in [1.82, 2.24) is 0 Å². The van der Waals surface area contributed by atoms with Crippen LogP contribution in [0.15, 0.2) is 12.1 Å². The summed E-state index contributed by atoms with van der Waals surface area (Å²) in [6.07, 6.45) is -5.81. The first-order chi connectivity index (χ1) is 22.1. The number of cyclic esters (lactones) is 1. The Labute approximate surface area is 266 Å². The van der Waals surface area contributed by atoms with Crippen molar-refractivity contribution in [3.05, 3.63) is 34.4 Å². The van der Waals surface area contributed by atoms with E-state index in [2.05, 4.69) is 0 Å². The van der Waals surface area contributed by atoms with Gasteiger partial charge in [0, 0.05) is 24.0 Å². The molecule has 0 aromatic heterocycles. The van der Waals surface area contributed by atoms with E-state index >= 15 is 0 Å². The number of aliphatic hydroxyl groups is 1. The molecule has 2 aromatic carbocycles. The van der Waals surface area contributed by atoms with Gasteiger partial charge < -0.3 is 44.1 Å². The van der Waals surface area contributed by atoms with Crippen molar-refractivity contribution >= 4 is 35.4 Å². The van der Waals surface area contributed by atoms with Gasteiger partial charge in [0.15, 0.2) is 17.7 Å².